The van der Waals surface area contributed by atoms with Gasteiger partial charge in [0.2, 0.25) is 0 Å². The monoisotopic (exact) mass is 236 g/mol. The normalized spacial score (nSPS) is 27.0. The van der Waals surface area contributed by atoms with Crippen LogP contribution in [0.1, 0.15) is 44.2 Å². The van der Waals surface area contributed by atoms with Gasteiger partial charge in [-0.25, -0.2) is 0 Å². The van der Waals surface area contributed by atoms with E-state index in [1.54, 1.807) is 0 Å². The van der Waals surface area contributed by atoms with Crippen molar-refractivity contribution in [3.63, 3.8) is 0 Å². The lowest BCUT2D eigenvalue weighted by molar-refractivity contribution is 0.230. The lowest BCUT2D eigenvalue weighted by atomic mass is 9.99. The van der Waals surface area contributed by atoms with Crippen molar-refractivity contribution >= 4 is 0 Å². The number of hydrogen-bond donors (Lipinski definition) is 1. The van der Waals surface area contributed by atoms with Crippen LogP contribution in [0.15, 0.2) is 12.4 Å². The van der Waals surface area contributed by atoms with Gasteiger partial charge in [0.05, 0.1) is 12.2 Å². The summed E-state index contributed by atoms with van der Waals surface area (Å²) >= 11 is 0. The maximum Gasteiger partial charge on any atom is 0.0538 e. The van der Waals surface area contributed by atoms with Gasteiger partial charge < -0.3 is 5.73 Å². The van der Waals surface area contributed by atoms with Gasteiger partial charge in [0.1, 0.15) is 0 Å². The molecule has 0 bridgehead atoms. The predicted molar refractivity (Wildman–Crippen MR) is 69.7 cm³/mol. The zero-order valence-electron chi connectivity index (χ0n) is 11.0. The summed E-state index contributed by atoms with van der Waals surface area (Å²) < 4.78 is 2.03. The molecule has 2 unspecified atom stereocenters. The zero-order chi connectivity index (χ0) is 12.3. The van der Waals surface area contributed by atoms with E-state index in [0.29, 0.717) is 6.04 Å². The van der Waals surface area contributed by atoms with Crippen LogP contribution in [0.3, 0.4) is 0 Å². The van der Waals surface area contributed by atoms with E-state index in [1.807, 2.05) is 10.9 Å². The first-order valence-electron chi connectivity index (χ1n) is 6.70. The molecule has 2 rings (SSSR count). The molecule has 1 aliphatic heterocycles. The molecule has 96 valence electrons. The van der Waals surface area contributed by atoms with Crippen LogP contribution in [0, 0.1) is 0 Å². The van der Waals surface area contributed by atoms with Crippen molar-refractivity contribution < 1.29 is 0 Å². The average molecular weight is 236 g/mol. The summed E-state index contributed by atoms with van der Waals surface area (Å²) in [6.45, 7) is 4.30. The van der Waals surface area contributed by atoms with E-state index in [2.05, 4.69) is 30.2 Å². The highest BCUT2D eigenvalue weighted by Gasteiger charge is 2.27. The van der Waals surface area contributed by atoms with Gasteiger partial charge in [-0.05, 0) is 32.9 Å². The second-order valence-electron chi connectivity index (χ2n) is 5.12. The summed E-state index contributed by atoms with van der Waals surface area (Å²) in [5.74, 6) is 0. The lowest BCUT2D eigenvalue weighted by Crippen LogP contribution is -2.37. The Morgan fingerprint density at radius 3 is 3.06 bits per heavy atom. The van der Waals surface area contributed by atoms with Crippen molar-refractivity contribution in [2.75, 3.05) is 13.6 Å². The van der Waals surface area contributed by atoms with Crippen LogP contribution in [-0.4, -0.2) is 34.3 Å². The average Bonchev–Trinajstić information content (AvgIpc) is 2.67. The van der Waals surface area contributed by atoms with Gasteiger partial charge in [-0.15, -0.1) is 0 Å². The highest BCUT2D eigenvalue weighted by molar-refractivity contribution is 5.14. The van der Waals surface area contributed by atoms with Crippen LogP contribution in [-0.2, 0) is 6.54 Å². The summed E-state index contributed by atoms with van der Waals surface area (Å²) in [5.41, 5.74) is 7.58. The molecular weight excluding hydrogens is 212 g/mol. The molecule has 0 spiro atoms. The largest absolute Gasteiger partial charge is 0.326 e. The second kappa shape index (κ2) is 5.65. The number of hydrogen-bond acceptors (Lipinski definition) is 3. The molecule has 0 amide bonds. The van der Waals surface area contributed by atoms with E-state index >= 15 is 0 Å². The van der Waals surface area contributed by atoms with E-state index in [-0.39, 0.29) is 6.04 Å². The standard InChI is InChI=1S/C13H24N4/c1-3-7-17-10-11(9-15-17)13-12(14)6-4-5-8-16(13)2/h9-10,12-13H,3-8,14H2,1-2H3. The molecular formula is C13H24N4. The summed E-state index contributed by atoms with van der Waals surface area (Å²) in [5, 5.41) is 4.42. The maximum atomic E-state index is 6.31. The number of likely N-dealkylation sites (tertiary alicyclic amines) is 1. The van der Waals surface area contributed by atoms with Gasteiger partial charge in [-0.3, -0.25) is 9.58 Å². The Morgan fingerprint density at radius 1 is 1.47 bits per heavy atom. The molecule has 1 aromatic rings. The third kappa shape index (κ3) is 2.87. The van der Waals surface area contributed by atoms with Crippen molar-refractivity contribution in [3.05, 3.63) is 18.0 Å². The third-order valence-electron chi connectivity index (χ3n) is 3.63. The van der Waals surface area contributed by atoms with Gasteiger partial charge >= 0.3 is 0 Å². The number of nitrogens with two attached hydrogens (primary N) is 1. The van der Waals surface area contributed by atoms with Crippen molar-refractivity contribution in [2.24, 2.45) is 5.73 Å². The quantitative estimate of drug-likeness (QED) is 0.870. The summed E-state index contributed by atoms with van der Waals surface area (Å²) in [7, 11) is 2.17. The van der Waals surface area contributed by atoms with Crippen molar-refractivity contribution in [2.45, 2.75) is 51.2 Å². The molecule has 17 heavy (non-hydrogen) atoms. The Hall–Kier alpha value is -0.870. The first kappa shape index (κ1) is 12.6. The molecule has 4 nitrogen and oxygen atoms in total. The van der Waals surface area contributed by atoms with Crippen LogP contribution in [0.25, 0.3) is 0 Å². The van der Waals surface area contributed by atoms with E-state index < -0.39 is 0 Å². The van der Waals surface area contributed by atoms with Crippen molar-refractivity contribution in [1.82, 2.24) is 14.7 Å². The number of aryl methyl sites for hydroxylation is 1. The molecule has 1 fully saturated rings. The highest BCUT2D eigenvalue weighted by atomic mass is 15.3. The molecule has 2 heterocycles. The van der Waals surface area contributed by atoms with Crippen LogP contribution < -0.4 is 5.73 Å². The minimum Gasteiger partial charge on any atom is -0.326 e. The minimum atomic E-state index is 0.238. The van der Waals surface area contributed by atoms with Crippen LogP contribution >= 0.6 is 0 Å². The maximum absolute atomic E-state index is 6.31. The molecule has 0 aromatic carbocycles. The summed E-state index contributed by atoms with van der Waals surface area (Å²) in [6, 6.07) is 0.574. The molecule has 1 saturated heterocycles. The topological polar surface area (TPSA) is 47.1 Å². The number of rotatable bonds is 3. The van der Waals surface area contributed by atoms with Crippen molar-refractivity contribution in [1.29, 1.82) is 0 Å². The van der Waals surface area contributed by atoms with Crippen molar-refractivity contribution in [3.8, 4) is 0 Å². The van der Waals surface area contributed by atoms with Gasteiger partial charge in [-0.2, -0.15) is 5.10 Å². The molecule has 1 aliphatic rings. The smallest absolute Gasteiger partial charge is 0.0538 e. The predicted octanol–water partition coefficient (Wildman–Crippen LogP) is 1.78. The molecule has 1 aromatic heterocycles. The molecule has 2 N–H and O–H groups in total. The second-order valence-corrected chi connectivity index (χ2v) is 5.12. The summed E-state index contributed by atoms with van der Waals surface area (Å²) in [4.78, 5) is 2.38. The Labute approximate surface area is 104 Å². The molecule has 0 saturated carbocycles. The fourth-order valence-electron chi connectivity index (χ4n) is 2.75. The van der Waals surface area contributed by atoms with Crippen LogP contribution in [0.5, 0.6) is 0 Å². The summed E-state index contributed by atoms with van der Waals surface area (Å²) in [6.07, 6.45) is 8.88. The van der Waals surface area contributed by atoms with Gasteiger partial charge in [0.25, 0.3) is 0 Å². The molecule has 0 aliphatic carbocycles. The number of aromatic nitrogens is 2. The molecule has 4 heteroatoms. The zero-order valence-corrected chi connectivity index (χ0v) is 11.0. The SMILES string of the molecule is CCCn1cc(C2C(N)CCCCN2C)cn1. The fraction of sp³-hybridized carbons (Fsp3) is 0.769. The number of nitrogens with zero attached hydrogens (tertiary/aromatic N) is 3. The highest BCUT2D eigenvalue weighted by Crippen LogP contribution is 2.27. The minimum absolute atomic E-state index is 0.238. The molecule has 0 radical (unpaired) electrons. The van der Waals surface area contributed by atoms with Gasteiger partial charge in [0, 0.05) is 24.3 Å². The van der Waals surface area contributed by atoms with Crippen LogP contribution in [0.4, 0.5) is 0 Å². The van der Waals surface area contributed by atoms with E-state index in [1.165, 1.54) is 18.4 Å². The fourth-order valence-corrected chi connectivity index (χ4v) is 2.75. The Bertz CT molecular complexity index is 335. The lowest BCUT2D eigenvalue weighted by Gasteiger charge is -2.29. The first-order valence-corrected chi connectivity index (χ1v) is 6.70. The van der Waals surface area contributed by atoms with Gasteiger partial charge in [0.15, 0.2) is 0 Å². The van der Waals surface area contributed by atoms with E-state index in [4.69, 9.17) is 5.73 Å². The first-order chi connectivity index (χ1) is 8.22. The number of likely N-dealkylation sites (N-methyl/N-ethyl adjacent to an activating group) is 1. The Kier molecular flexibility index (Phi) is 4.18. The van der Waals surface area contributed by atoms with E-state index in [9.17, 15) is 0 Å². The Balaban J connectivity index is 2.16. The van der Waals surface area contributed by atoms with Crippen LogP contribution in [0.2, 0.25) is 0 Å². The van der Waals surface area contributed by atoms with E-state index in [0.717, 1.165) is 25.9 Å². The molecule has 2 atom stereocenters. The Morgan fingerprint density at radius 2 is 2.29 bits per heavy atom. The van der Waals surface area contributed by atoms with Gasteiger partial charge in [-0.1, -0.05) is 13.3 Å². The third-order valence-corrected chi connectivity index (χ3v) is 3.63.